The molecule has 0 amide bonds. The van der Waals surface area contributed by atoms with Gasteiger partial charge in [0.05, 0.1) is 11.7 Å². The van der Waals surface area contributed by atoms with Crippen LogP contribution in [-0.2, 0) is 6.18 Å². The summed E-state index contributed by atoms with van der Waals surface area (Å²) in [6, 6.07) is 9.64. The van der Waals surface area contributed by atoms with Gasteiger partial charge in [0.1, 0.15) is 5.82 Å². The molecule has 0 bridgehead atoms. The van der Waals surface area contributed by atoms with E-state index in [1.165, 1.54) is 6.20 Å². The molecule has 0 aliphatic rings. The number of nitrogens with one attached hydrogen (secondary N) is 1. The van der Waals surface area contributed by atoms with E-state index in [1.807, 2.05) is 0 Å². The minimum atomic E-state index is -4.52. The smallest absolute Gasteiger partial charge is 0.387 e. The molecule has 21 heavy (non-hydrogen) atoms. The molecule has 1 unspecified atom stereocenters. The number of rotatable bonds is 4. The molecule has 0 fully saturated rings. The van der Waals surface area contributed by atoms with Gasteiger partial charge in [0.25, 0.3) is 0 Å². The van der Waals surface area contributed by atoms with Gasteiger partial charge >= 0.3 is 6.18 Å². The summed E-state index contributed by atoms with van der Waals surface area (Å²) < 4.78 is 39.0. The number of aliphatic hydroxyl groups is 1. The second kappa shape index (κ2) is 6.44. The lowest BCUT2D eigenvalue weighted by atomic mass is 10.1. The van der Waals surface area contributed by atoms with Crippen LogP contribution in [0.1, 0.15) is 17.2 Å². The van der Waals surface area contributed by atoms with E-state index in [1.54, 1.807) is 30.3 Å². The van der Waals surface area contributed by atoms with Crippen molar-refractivity contribution in [3.63, 3.8) is 0 Å². The Morgan fingerprint density at radius 3 is 2.52 bits per heavy atom. The van der Waals surface area contributed by atoms with Crippen LogP contribution in [0.5, 0.6) is 0 Å². The Kier molecular flexibility index (Phi) is 4.84. The summed E-state index contributed by atoms with van der Waals surface area (Å²) in [7, 11) is 0. The molecule has 0 aliphatic heterocycles. The third kappa shape index (κ3) is 4.18. The lowest BCUT2D eigenvalue weighted by molar-refractivity contribution is -0.137. The first-order valence-corrected chi connectivity index (χ1v) is 6.87. The fraction of sp³-hybridized carbons (Fsp3) is 0.214. The summed E-state index contributed by atoms with van der Waals surface area (Å²) in [4.78, 5) is 3.72. The molecule has 0 saturated carbocycles. The Bertz CT molecular complexity index is 605. The largest absolute Gasteiger partial charge is 0.419 e. The maximum Gasteiger partial charge on any atom is 0.419 e. The first kappa shape index (κ1) is 15.8. The molecule has 0 radical (unpaired) electrons. The van der Waals surface area contributed by atoms with E-state index < -0.39 is 17.8 Å². The molecule has 112 valence electrons. The zero-order chi connectivity index (χ0) is 15.5. The van der Waals surface area contributed by atoms with E-state index in [0.717, 1.165) is 6.07 Å². The van der Waals surface area contributed by atoms with Crippen LogP contribution in [0.3, 0.4) is 0 Å². The molecule has 2 aromatic rings. The third-order valence-corrected chi connectivity index (χ3v) is 3.24. The summed E-state index contributed by atoms with van der Waals surface area (Å²) >= 11 is 2.97. The van der Waals surface area contributed by atoms with Gasteiger partial charge in [-0.15, -0.1) is 0 Å². The minimum absolute atomic E-state index is 0.0677. The molecular weight excluding hydrogens is 349 g/mol. The highest BCUT2D eigenvalue weighted by Crippen LogP contribution is 2.35. The summed E-state index contributed by atoms with van der Waals surface area (Å²) in [6.07, 6.45) is -4.17. The van der Waals surface area contributed by atoms with Crippen LogP contribution in [-0.4, -0.2) is 16.6 Å². The number of halogens is 4. The molecule has 1 aromatic heterocycles. The zero-order valence-electron chi connectivity index (χ0n) is 10.7. The van der Waals surface area contributed by atoms with Crippen molar-refractivity contribution in [2.24, 2.45) is 0 Å². The maximum absolute atomic E-state index is 12.9. The SMILES string of the molecule is OC(CNc1ncc(Br)cc1C(F)(F)F)c1ccccc1. The molecule has 0 aliphatic carbocycles. The lowest BCUT2D eigenvalue weighted by Crippen LogP contribution is -2.17. The highest BCUT2D eigenvalue weighted by Gasteiger charge is 2.34. The Hall–Kier alpha value is -1.60. The number of hydrogen-bond acceptors (Lipinski definition) is 3. The van der Waals surface area contributed by atoms with Gasteiger partial charge in [-0.2, -0.15) is 13.2 Å². The Morgan fingerprint density at radius 1 is 1.24 bits per heavy atom. The average Bonchev–Trinajstić information content (AvgIpc) is 2.45. The van der Waals surface area contributed by atoms with Crippen molar-refractivity contribution in [3.05, 3.63) is 58.2 Å². The molecule has 1 heterocycles. The molecule has 0 saturated heterocycles. The number of anilines is 1. The van der Waals surface area contributed by atoms with Crippen LogP contribution in [0.25, 0.3) is 0 Å². The van der Waals surface area contributed by atoms with E-state index in [9.17, 15) is 18.3 Å². The van der Waals surface area contributed by atoms with Gasteiger partial charge in [0.15, 0.2) is 0 Å². The van der Waals surface area contributed by atoms with Crippen LogP contribution in [0.4, 0.5) is 19.0 Å². The molecule has 1 atom stereocenters. The first-order chi connectivity index (χ1) is 9.88. The molecule has 1 aromatic carbocycles. The Labute approximate surface area is 128 Å². The van der Waals surface area contributed by atoms with Gasteiger partial charge in [0, 0.05) is 17.2 Å². The monoisotopic (exact) mass is 360 g/mol. The van der Waals surface area contributed by atoms with Crippen LogP contribution < -0.4 is 5.32 Å². The van der Waals surface area contributed by atoms with E-state index in [4.69, 9.17) is 0 Å². The second-order valence-electron chi connectivity index (χ2n) is 4.35. The number of hydrogen-bond donors (Lipinski definition) is 2. The van der Waals surface area contributed by atoms with E-state index in [-0.39, 0.29) is 16.8 Å². The molecule has 7 heteroatoms. The normalized spacial score (nSPS) is 13.0. The number of alkyl halides is 3. The quantitative estimate of drug-likeness (QED) is 0.865. The predicted octanol–water partition coefficient (Wildman–Crippen LogP) is 4.01. The maximum atomic E-state index is 12.9. The highest BCUT2D eigenvalue weighted by molar-refractivity contribution is 9.10. The lowest BCUT2D eigenvalue weighted by Gasteiger charge is -2.16. The predicted molar refractivity (Wildman–Crippen MR) is 76.8 cm³/mol. The van der Waals surface area contributed by atoms with Crippen LogP contribution in [0, 0.1) is 0 Å². The van der Waals surface area contributed by atoms with Crippen molar-refractivity contribution >= 4 is 21.7 Å². The van der Waals surface area contributed by atoms with Crippen molar-refractivity contribution in [1.82, 2.24) is 4.98 Å². The van der Waals surface area contributed by atoms with Gasteiger partial charge in [-0.25, -0.2) is 4.98 Å². The van der Waals surface area contributed by atoms with Crippen molar-refractivity contribution in [2.75, 3.05) is 11.9 Å². The van der Waals surface area contributed by atoms with Gasteiger partial charge in [0.2, 0.25) is 0 Å². The van der Waals surface area contributed by atoms with Crippen molar-refractivity contribution in [2.45, 2.75) is 12.3 Å². The number of nitrogens with zero attached hydrogens (tertiary/aromatic N) is 1. The average molecular weight is 361 g/mol. The molecule has 0 spiro atoms. The fourth-order valence-corrected chi connectivity index (χ4v) is 2.11. The molecule has 2 rings (SSSR count). The van der Waals surface area contributed by atoms with E-state index in [0.29, 0.717) is 5.56 Å². The summed E-state index contributed by atoms with van der Waals surface area (Å²) in [5.74, 6) is -0.305. The third-order valence-electron chi connectivity index (χ3n) is 2.81. The van der Waals surface area contributed by atoms with Crippen LogP contribution in [0.2, 0.25) is 0 Å². The van der Waals surface area contributed by atoms with Gasteiger partial charge in [-0.1, -0.05) is 30.3 Å². The number of benzene rings is 1. The Morgan fingerprint density at radius 2 is 1.90 bits per heavy atom. The fourth-order valence-electron chi connectivity index (χ4n) is 1.78. The molecular formula is C14H12BrF3N2O. The van der Waals surface area contributed by atoms with E-state index >= 15 is 0 Å². The number of aromatic nitrogens is 1. The van der Waals surface area contributed by atoms with Gasteiger partial charge < -0.3 is 10.4 Å². The highest BCUT2D eigenvalue weighted by atomic mass is 79.9. The Balaban J connectivity index is 2.14. The van der Waals surface area contributed by atoms with Crippen molar-refractivity contribution < 1.29 is 18.3 Å². The van der Waals surface area contributed by atoms with Crippen LogP contribution >= 0.6 is 15.9 Å². The van der Waals surface area contributed by atoms with E-state index in [2.05, 4.69) is 26.2 Å². The molecule has 2 N–H and O–H groups in total. The zero-order valence-corrected chi connectivity index (χ0v) is 12.3. The second-order valence-corrected chi connectivity index (χ2v) is 5.27. The van der Waals surface area contributed by atoms with Crippen molar-refractivity contribution in [1.29, 1.82) is 0 Å². The number of aliphatic hydroxyl groups excluding tert-OH is 1. The topological polar surface area (TPSA) is 45.1 Å². The van der Waals surface area contributed by atoms with Gasteiger partial charge in [-0.05, 0) is 27.6 Å². The minimum Gasteiger partial charge on any atom is -0.387 e. The van der Waals surface area contributed by atoms with Crippen molar-refractivity contribution in [3.8, 4) is 0 Å². The van der Waals surface area contributed by atoms with Gasteiger partial charge in [-0.3, -0.25) is 0 Å². The standard InChI is InChI=1S/C14H12BrF3N2O/c15-10-6-11(14(16,17)18)13(19-7-10)20-8-12(21)9-4-2-1-3-5-9/h1-7,12,21H,8H2,(H,19,20). The number of pyridine rings is 1. The molecule has 3 nitrogen and oxygen atoms in total. The van der Waals surface area contributed by atoms with Crippen LogP contribution in [0.15, 0.2) is 47.1 Å². The summed E-state index contributed by atoms with van der Waals surface area (Å²) in [5.41, 5.74) is -0.257. The first-order valence-electron chi connectivity index (χ1n) is 6.07. The summed E-state index contributed by atoms with van der Waals surface area (Å²) in [6.45, 7) is -0.0677. The summed E-state index contributed by atoms with van der Waals surface area (Å²) in [5, 5.41) is 12.5.